The maximum absolute atomic E-state index is 12.5. The van der Waals surface area contributed by atoms with Crippen molar-refractivity contribution in [1.29, 1.82) is 0 Å². The summed E-state index contributed by atoms with van der Waals surface area (Å²) >= 11 is 3.53. The Hall–Kier alpha value is -2.93. The molecule has 0 atom stereocenters. The number of rotatable bonds is 4. The summed E-state index contributed by atoms with van der Waals surface area (Å²) in [5, 5.41) is 7.22. The lowest BCUT2D eigenvalue weighted by Gasteiger charge is -2.26. The maximum atomic E-state index is 12.5. The van der Waals surface area contributed by atoms with E-state index in [4.69, 9.17) is 0 Å². The summed E-state index contributed by atoms with van der Waals surface area (Å²) in [6, 6.07) is 15.4. The number of benzene rings is 2. The highest BCUT2D eigenvalue weighted by atomic mass is 79.9. The maximum Gasteiger partial charge on any atom is 0.254 e. The van der Waals surface area contributed by atoms with Gasteiger partial charge in [0, 0.05) is 46.9 Å². The van der Waals surface area contributed by atoms with Crippen LogP contribution in [0, 0.1) is 0 Å². The average molecular weight is 439 g/mol. The zero-order valence-corrected chi connectivity index (χ0v) is 16.7. The summed E-state index contributed by atoms with van der Waals surface area (Å²) in [6.07, 6.45) is 1.78. The highest BCUT2D eigenvalue weighted by Gasteiger charge is 2.22. The molecule has 0 spiro atoms. The number of halogens is 1. The third-order valence-electron chi connectivity index (χ3n) is 4.73. The number of hydrogen-bond donors (Lipinski definition) is 2. The van der Waals surface area contributed by atoms with Gasteiger partial charge in [-0.1, -0.05) is 24.3 Å². The molecule has 1 fully saturated rings. The molecule has 1 aliphatic heterocycles. The molecule has 1 saturated heterocycles. The van der Waals surface area contributed by atoms with Gasteiger partial charge in [0.2, 0.25) is 5.91 Å². The van der Waals surface area contributed by atoms with Crippen LogP contribution in [-0.2, 0) is 11.3 Å². The largest absolute Gasteiger partial charge is 0.380 e. The van der Waals surface area contributed by atoms with Crippen LogP contribution < -0.4 is 10.6 Å². The number of carbonyl (C=O) groups is 2. The Kier molecular flexibility index (Phi) is 5.25. The summed E-state index contributed by atoms with van der Waals surface area (Å²) < 4.78 is 0.961. The molecule has 0 radical (unpaired) electrons. The molecule has 1 aliphatic rings. The summed E-state index contributed by atoms with van der Waals surface area (Å²) in [4.78, 5) is 30.0. The van der Waals surface area contributed by atoms with Crippen molar-refractivity contribution in [1.82, 2.24) is 15.2 Å². The minimum atomic E-state index is -0.114. The number of pyridine rings is 1. The van der Waals surface area contributed by atoms with Gasteiger partial charge >= 0.3 is 0 Å². The summed E-state index contributed by atoms with van der Waals surface area (Å²) in [7, 11) is 0. The predicted octanol–water partition coefficient (Wildman–Crippen LogP) is 3.18. The minimum Gasteiger partial charge on any atom is -0.380 e. The van der Waals surface area contributed by atoms with Crippen molar-refractivity contribution in [2.75, 3.05) is 25.0 Å². The van der Waals surface area contributed by atoms with Crippen molar-refractivity contribution >= 4 is 44.3 Å². The van der Waals surface area contributed by atoms with Crippen molar-refractivity contribution in [3.63, 3.8) is 0 Å². The number of nitrogens with one attached hydrogen (secondary N) is 2. The number of aromatic nitrogens is 1. The molecule has 0 unspecified atom stereocenters. The standard InChI is InChI=1S/C21H19BrN4O2/c22-17-3-1-2-16-18(8-9-24-20(16)17)25-12-14-4-6-15(7-5-14)21(28)26-11-10-23-19(27)13-26/h1-9H,10-13H2,(H,23,27)(H,24,25). The van der Waals surface area contributed by atoms with E-state index in [-0.39, 0.29) is 18.4 Å². The van der Waals surface area contributed by atoms with Crippen molar-refractivity contribution in [2.24, 2.45) is 0 Å². The first-order valence-electron chi connectivity index (χ1n) is 9.04. The lowest BCUT2D eigenvalue weighted by atomic mass is 10.1. The van der Waals surface area contributed by atoms with Crippen molar-refractivity contribution < 1.29 is 9.59 Å². The molecule has 142 valence electrons. The molecule has 2 amide bonds. The van der Waals surface area contributed by atoms with Gasteiger partial charge in [-0.2, -0.15) is 0 Å². The molecule has 6 nitrogen and oxygen atoms in total. The van der Waals surface area contributed by atoms with E-state index < -0.39 is 0 Å². The topological polar surface area (TPSA) is 74.3 Å². The lowest BCUT2D eigenvalue weighted by molar-refractivity contribution is -0.123. The van der Waals surface area contributed by atoms with E-state index in [0.717, 1.165) is 26.6 Å². The highest BCUT2D eigenvalue weighted by molar-refractivity contribution is 9.10. The van der Waals surface area contributed by atoms with Crippen LogP contribution in [0.5, 0.6) is 0 Å². The molecule has 2 heterocycles. The first kappa shape index (κ1) is 18.4. The van der Waals surface area contributed by atoms with Gasteiger partial charge in [-0.15, -0.1) is 0 Å². The molecular formula is C21H19BrN4O2. The highest BCUT2D eigenvalue weighted by Crippen LogP contribution is 2.27. The number of hydrogen-bond acceptors (Lipinski definition) is 4. The predicted molar refractivity (Wildman–Crippen MR) is 112 cm³/mol. The van der Waals surface area contributed by atoms with E-state index in [1.165, 1.54) is 0 Å². The van der Waals surface area contributed by atoms with Gasteiger partial charge < -0.3 is 15.5 Å². The Morgan fingerprint density at radius 1 is 1.18 bits per heavy atom. The molecule has 7 heteroatoms. The van der Waals surface area contributed by atoms with Crippen LogP contribution in [0.4, 0.5) is 5.69 Å². The molecule has 2 aromatic carbocycles. The first-order chi connectivity index (χ1) is 13.6. The Bertz CT molecular complexity index is 1040. The normalized spacial score (nSPS) is 14.0. The quantitative estimate of drug-likeness (QED) is 0.655. The molecule has 4 rings (SSSR count). The summed E-state index contributed by atoms with van der Waals surface area (Å²) in [5.41, 5.74) is 3.58. The van der Waals surface area contributed by atoms with Gasteiger partial charge in [0.05, 0.1) is 12.1 Å². The monoisotopic (exact) mass is 438 g/mol. The number of anilines is 1. The Morgan fingerprint density at radius 2 is 2.00 bits per heavy atom. The van der Waals surface area contributed by atoms with Crippen molar-refractivity contribution in [3.8, 4) is 0 Å². The SMILES string of the molecule is O=C1CN(C(=O)c2ccc(CNc3ccnc4c(Br)cccc34)cc2)CCN1. The third-order valence-corrected chi connectivity index (χ3v) is 5.37. The number of piperazine rings is 1. The van der Waals surface area contributed by atoms with E-state index in [1.807, 2.05) is 48.5 Å². The average Bonchev–Trinajstić information content (AvgIpc) is 2.72. The van der Waals surface area contributed by atoms with Gasteiger partial charge in [0.15, 0.2) is 0 Å². The van der Waals surface area contributed by atoms with E-state index in [1.54, 1.807) is 11.1 Å². The van der Waals surface area contributed by atoms with Crippen LogP contribution in [0.3, 0.4) is 0 Å². The van der Waals surface area contributed by atoms with Gasteiger partial charge in [-0.25, -0.2) is 0 Å². The fraction of sp³-hybridized carbons (Fsp3) is 0.190. The molecular weight excluding hydrogens is 420 g/mol. The van der Waals surface area contributed by atoms with E-state index in [0.29, 0.717) is 25.2 Å². The second kappa shape index (κ2) is 7.98. The second-order valence-corrected chi connectivity index (χ2v) is 7.48. The zero-order chi connectivity index (χ0) is 19.5. The van der Waals surface area contributed by atoms with Gasteiger partial charge in [0.1, 0.15) is 0 Å². The minimum absolute atomic E-state index is 0.112. The smallest absolute Gasteiger partial charge is 0.254 e. The van der Waals surface area contributed by atoms with Gasteiger partial charge in [-0.3, -0.25) is 14.6 Å². The molecule has 1 aromatic heterocycles. The van der Waals surface area contributed by atoms with Crippen LogP contribution in [0.25, 0.3) is 10.9 Å². The van der Waals surface area contributed by atoms with Crippen LogP contribution in [0.1, 0.15) is 15.9 Å². The van der Waals surface area contributed by atoms with Crippen LogP contribution in [-0.4, -0.2) is 41.3 Å². The Morgan fingerprint density at radius 3 is 2.79 bits per heavy atom. The first-order valence-corrected chi connectivity index (χ1v) is 9.83. The fourth-order valence-corrected chi connectivity index (χ4v) is 3.72. The molecule has 0 bridgehead atoms. The van der Waals surface area contributed by atoms with Crippen molar-refractivity contribution in [2.45, 2.75) is 6.54 Å². The molecule has 0 aliphatic carbocycles. The zero-order valence-electron chi connectivity index (χ0n) is 15.1. The molecule has 2 N–H and O–H groups in total. The fourth-order valence-electron chi connectivity index (χ4n) is 3.25. The second-order valence-electron chi connectivity index (χ2n) is 6.62. The Balaban J connectivity index is 1.45. The van der Waals surface area contributed by atoms with E-state index in [2.05, 4.69) is 31.5 Å². The van der Waals surface area contributed by atoms with Gasteiger partial charge in [-0.05, 0) is 45.8 Å². The lowest BCUT2D eigenvalue weighted by Crippen LogP contribution is -2.49. The van der Waals surface area contributed by atoms with E-state index >= 15 is 0 Å². The number of carbonyl (C=O) groups excluding carboxylic acids is 2. The summed E-state index contributed by atoms with van der Waals surface area (Å²) in [6.45, 7) is 1.79. The number of fused-ring (bicyclic) bond motifs is 1. The number of amides is 2. The van der Waals surface area contributed by atoms with Crippen LogP contribution >= 0.6 is 15.9 Å². The molecule has 28 heavy (non-hydrogen) atoms. The molecule has 3 aromatic rings. The third kappa shape index (κ3) is 3.84. The van der Waals surface area contributed by atoms with E-state index in [9.17, 15) is 9.59 Å². The van der Waals surface area contributed by atoms with Crippen LogP contribution in [0.15, 0.2) is 59.2 Å². The number of nitrogens with zero attached hydrogens (tertiary/aromatic N) is 2. The Labute approximate surface area is 171 Å². The van der Waals surface area contributed by atoms with Gasteiger partial charge in [0.25, 0.3) is 5.91 Å². The molecule has 0 saturated carbocycles. The van der Waals surface area contributed by atoms with Crippen molar-refractivity contribution in [3.05, 3.63) is 70.3 Å². The summed E-state index contributed by atoms with van der Waals surface area (Å²) in [5.74, 6) is -0.226. The number of para-hydroxylation sites is 1. The van der Waals surface area contributed by atoms with Crippen LogP contribution in [0.2, 0.25) is 0 Å².